The van der Waals surface area contributed by atoms with E-state index in [0.717, 1.165) is 0 Å². The molecule has 4 heterocycles. The molecular formula is C23H19N7O3. The van der Waals surface area contributed by atoms with Crippen molar-refractivity contribution < 1.29 is 14.4 Å². The quantitative estimate of drug-likeness (QED) is 0.376. The number of hydrogen-bond donors (Lipinski definition) is 1. The van der Waals surface area contributed by atoms with Crippen molar-refractivity contribution in [1.82, 2.24) is 34.7 Å². The van der Waals surface area contributed by atoms with Crippen molar-refractivity contribution in [3.8, 4) is 11.3 Å². The molecule has 0 aliphatic carbocycles. The molecule has 3 aromatic heterocycles. The van der Waals surface area contributed by atoms with Crippen LogP contribution in [-0.2, 0) is 4.79 Å². The number of carbonyl (C=O) groups excluding carboxylic acids is 3. The summed E-state index contributed by atoms with van der Waals surface area (Å²) in [5.41, 5.74) is 2.88. The van der Waals surface area contributed by atoms with Crippen molar-refractivity contribution in [3.63, 3.8) is 0 Å². The zero-order chi connectivity index (χ0) is 22.8. The number of rotatable bonds is 4. The number of nitrogens with one attached hydrogen (secondary N) is 1. The SMILES string of the molecule is O=C(C(=O)N1CCN(C(=O)c2ccccc2)CC1)c1c[nH]c2c(-c3cncnc3)ncnc12. The third-order valence-electron chi connectivity index (χ3n) is 5.61. The maximum Gasteiger partial charge on any atom is 0.295 e. The lowest BCUT2D eigenvalue weighted by atomic mass is 10.1. The van der Waals surface area contributed by atoms with Gasteiger partial charge in [0.25, 0.3) is 17.6 Å². The fraction of sp³-hybridized carbons (Fsp3) is 0.174. The van der Waals surface area contributed by atoms with Crippen LogP contribution in [0.15, 0.2) is 61.6 Å². The summed E-state index contributed by atoms with van der Waals surface area (Å²) in [6, 6.07) is 9.00. The Kier molecular flexibility index (Phi) is 5.31. The van der Waals surface area contributed by atoms with Crippen LogP contribution in [0.2, 0.25) is 0 Å². The number of amides is 2. The summed E-state index contributed by atoms with van der Waals surface area (Å²) >= 11 is 0. The molecule has 1 N–H and O–H groups in total. The Hall–Kier alpha value is -4.47. The van der Waals surface area contributed by atoms with E-state index < -0.39 is 11.7 Å². The minimum atomic E-state index is -0.655. The monoisotopic (exact) mass is 441 g/mol. The molecule has 1 saturated heterocycles. The van der Waals surface area contributed by atoms with Crippen molar-refractivity contribution in [2.75, 3.05) is 26.2 Å². The van der Waals surface area contributed by atoms with Crippen LogP contribution >= 0.6 is 0 Å². The number of ketones is 1. The minimum Gasteiger partial charge on any atom is -0.357 e. The molecule has 0 saturated carbocycles. The number of nitrogens with zero attached hydrogens (tertiary/aromatic N) is 6. The first-order valence-electron chi connectivity index (χ1n) is 10.4. The third kappa shape index (κ3) is 3.82. The van der Waals surface area contributed by atoms with Gasteiger partial charge < -0.3 is 14.8 Å². The molecule has 33 heavy (non-hydrogen) atoms. The highest BCUT2D eigenvalue weighted by atomic mass is 16.2. The average molecular weight is 441 g/mol. The van der Waals surface area contributed by atoms with Crippen molar-refractivity contribution in [3.05, 3.63) is 72.7 Å². The van der Waals surface area contributed by atoms with Crippen LogP contribution in [0.3, 0.4) is 0 Å². The lowest BCUT2D eigenvalue weighted by Gasteiger charge is -2.34. The number of aromatic nitrogens is 5. The molecule has 0 spiro atoms. The van der Waals surface area contributed by atoms with Gasteiger partial charge in [-0.1, -0.05) is 18.2 Å². The number of aromatic amines is 1. The van der Waals surface area contributed by atoms with Gasteiger partial charge in [-0.05, 0) is 12.1 Å². The highest BCUT2D eigenvalue weighted by Gasteiger charge is 2.30. The number of H-pyrrole nitrogens is 1. The normalized spacial score (nSPS) is 13.8. The minimum absolute atomic E-state index is 0.0835. The Morgan fingerprint density at radius 3 is 2.27 bits per heavy atom. The van der Waals surface area contributed by atoms with Crippen LogP contribution in [0.4, 0.5) is 0 Å². The Labute approximate surface area is 188 Å². The molecular weight excluding hydrogens is 422 g/mol. The number of benzene rings is 1. The molecule has 0 atom stereocenters. The Morgan fingerprint density at radius 1 is 0.848 bits per heavy atom. The molecule has 10 heteroatoms. The van der Waals surface area contributed by atoms with Gasteiger partial charge in [0.05, 0.1) is 11.1 Å². The Bertz CT molecular complexity index is 1330. The number of Topliss-reactive ketones (excluding diaryl/α,β-unsaturated/α-hetero) is 1. The molecule has 1 aliphatic rings. The van der Waals surface area contributed by atoms with Crippen molar-refractivity contribution in [2.24, 2.45) is 0 Å². The van der Waals surface area contributed by atoms with Gasteiger partial charge in [0.2, 0.25) is 0 Å². The van der Waals surface area contributed by atoms with E-state index in [1.54, 1.807) is 29.4 Å². The van der Waals surface area contributed by atoms with Crippen LogP contribution in [0.25, 0.3) is 22.3 Å². The number of hydrogen-bond acceptors (Lipinski definition) is 7. The van der Waals surface area contributed by atoms with Crippen LogP contribution in [0.1, 0.15) is 20.7 Å². The van der Waals surface area contributed by atoms with Crippen molar-refractivity contribution in [2.45, 2.75) is 0 Å². The van der Waals surface area contributed by atoms with E-state index in [1.165, 1.54) is 23.8 Å². The second-order valence-electron chi connectivity index (χ2n) is 7.55. The zero-order valence-electron chi connectivity index (χ0n) is 17.5. The van der Waals surface area contributed by atoms with Crippen LogP contribution < -0.4 is 0 Å². The largest absolute Gasteiger partial charge is 0.357 e. The molecule has 164 valence electrons. The molecule has 1 aromatic carbocycles. The summed E-state index contributed by atoms with van der Waals surface area (Å²) in [4.78, 5) is 61.2. The van der Waals surface area contributed by atoms with Gasteiger partial charge in [0, 0.05) is 55.9 Å². The lowest BCUT2D eigenvalue weighted by molar-refractivity contribution is -0.127. The Balaban J connectivity index is 1.31. The van der Waals surface area contributed by atoms with Crippen LogP contribution in [0, 0.1) is 0 Å². The van der Waals surface area contributed by atoms with E-state index in [4.69, 9.17) is 0 Å². The smallest absolute Gasteiger partial charge is 0.295 e. The standard InChI is InChI=1S/C23H19N7O3/c31-21(17-12-26-20-18(27-14-28-19(17)20)16-10-24-13-25-11-16)23(33)30-8-6-29(7-9-30)22(32)15-4-2-1-3-5-15/h1-5,10-14,26H,6-9H2. The molecule has 1 fully saturated rings. The van der Waals surface area contributed by atoms with Gasteiger partial charge >= 0.3 is 0 Å². The molecule has 1 aliphatic heterocycles. The number of carbonyl (C=O) groups is 3. The molecule has 5 rings (SSSR count). The highest BCUT2D eigenvalue weighted by molar-refractivity contribution is 6.44. The summed E-state index contributed by atoms with van der Waals surface area (Å²) in [5.74, 6) is -1.36. The van der Waals surface area contributed by atoms with Crippen molar-refractivity contribution in [1.29, 1.82) is 0 Å². The number of fused-ring (bicyclic) bond motifs is 1. The van der Waals surface area contributed by atoms with E-state index >= 15 is 0 Å². The second kappa shape index (κ2) is 8.58. The first-order chi connectivity index (χ1) is 16.1. The van der Waals surface area contributed by atoms with Gasteiger partial charge in [-0.2, -0.15) is 0 Å². The first-order valence-corrected chi connectivity index (χ1v) is 10.4. The molecule has 2 amide bonds. The molecule has 4 aromatic rings. The second-order valence-corrected chi connectivity index (χ2v) is 7.55. The van der Waals surface area contributed by atoms with E-state index in [0.29, 0.717) is 40.9 Å². The maximum absolute atomic E-state index is 13.0. The maximum atomic E-state index is 13.0. The average Bonchev–Trinajstić information content (AvgIpc) is 3.33. The van der Waals surface area contributed by atoms with E-state index in [9.17, 15) is 14.4 Å². The van der Waals surface area contributed by atoms with Gasteiger partial charge in [-0.25, -0.2) is 19.9 Å². The fourth-order valence-electron chi connectivity index (χ4n) is 3.89. The van der Waals surface area contributed by atoms with E-state index in [-0.39, 0.29) is 24.6 Å². The molecule has 0 bridgehead atoms. The summed E-state index contributed by atoms with van der Waals surface area (Å²) in [6.45, 7) is 1.29. The molecule has 10 nitrogen and oxygen atoms in total. The van der Waals surface area contributed by atoms with Gasteiger partial charge in [-0.3, -0.25) is 14.4 Å². The molecule has 0 unspecified atom stereocenters. The fourth-order valence-corrected chi connectivity index (χ4v) is 3.89. The zero-order valence-corrected chi connectivity index (χ0v) is 17.5. The van der Waals surface area contributed by atoms with Gasteiger partial charge in [0.1, 0.15) is 23.9 Å². The number of piperazine rings is 1. The van der Waals surface area contributed by atoms with E-state index in [1.807, 2.05) is 18.2 Å². The summed E-state index contributed by atoms with van der Waals surface area (Å²) in [6.07, 6.45) is 7.45. The highest BCUT2D eigenvalue weighted by Crippen LogP contribution is 2.26. The van der Waals surface area contributed by atoms with Gasteiger partial charge in [-0.15, -0.1) is 0 Å². The first kappa shape index (κ1) is 20.4. The topological polar surface area (TPSA) is 125 Å². The summed E-state index contributed by atoms with van der Waals surface area (Å²) in [5, 5.41) is 0. The van der Waals surface area contributed by atoms with Crippen LogP contribution in [0.5, 0.6) is 0 Å². The molecule has 0 radical (unpaired) electrons. The Morgan fingerprint density at radius 2 is 1.55 bits per heavy atom. The predicted molar refractivity (Wildman–Crippen MR) is 118 cm³/mol. The third-order valence-corrected chi connectivity index (χ3v) is 5.61. The summed E-state index contributed by atoms with van der Waals surface area (Å²) in [7, 11) is 0. The van der Waals surface area contributed by atoms with E-state index in [2.05, 4.69) is 24.9 Å². The predicted octanol–water partition coefficient (Wildman–Crippen LogP) is 1.58. The van der Waals surface area contributed by atoms with Crippen molar-refractivity contribution >= 4 is 28.6 Å². The van der Waals surface area contributed by atoms with Crippen LogP contribution in [-0.4, -0.2) is 78.5 Å². The lowest BCUT2D eigenvalue weighted by Crippen LogP contribution is -2.52. The summed E-state index contributed by atoms with van der Waals surface area (Å²) < 4.78 is 0. The van der Waals surface area contributed by atoms with Gasteiger partial charge in [0.15, 0.2) is 0 Å².